The second-order valence-electron chi connectivity index (χ2n) is 8.33. The number of aromatic nitrogens is 1. The van der Waals surface area contributed by atoms with Crippen LogP contribution in [0.15, 0.2) is 24.5 Å². The predicted molar refractivity (Wildman–Crippen MR) is 107 cm³/mol. The normalized spacial score (nSPS) is 20.7. The maximum absolute atomic E-state index is 5.23. The lowest BCUT2D eigenvalue weighted by molar-refractivity contribution is 0.0982. The second kappa shape index (κ2) is 11.0. The standard InChI is InChI=1S/C22H37N3O/c1-26-16-15-24-13-9-22(10-14-24)19-25(17-20-5-3-2-4-6-20)18-21-7-11-23-12-8-21/h7-8,11-12,20,22H,2-6,9-10,13-19H2,1H3. The van der Waals surface area contributed by atoms with Crippen LogP contribution in [0, 0.1) is 11.8 Å². The molecular formula is C22H37N3O. The highest BCUT2D eigenvalue weighted by Gasteiger charge is 2.23. The number of pyridine rings is 1. The minimum atomic E-state index is 0.847. The lowest BCUT2D eigenvalue weighted by Crippen LogP contribution is -2.41. The Labute approximate surface area is 159 Å². The first-order valence-electron chi connectivity index (χ1n) is 10.7. The third kappa shape index (κ3) is 6.64. The van der Waals surface area contributed by atoms with Gasteiger partial charge in [-0.1, -0.05) is 19.3 Å². The Morgan fingerprint density at radius 2 is 1.65 bits per heavy atom. The summed E-state index contributed by atoms with van der Waals surface area (Å²) in [7, 11) is 1.80. The molecule has 1 aliphatic carbocycles. The first kappa shape index (κ1) is 19.8. The van der Waals surface area contributed by atoms with Crippen LogP contribution >= 0.6 is 0 Å². The highest BCUT2D eigenvalue weighted by Crippen LogP contribution is 2.26. The number of likely N-dealkylation sites (tertiary alicyclic amines) is 1. The summed E-state index contributed by atoms with van der Waals surface area (Å²) in [5.74, 6) is 1.76. The SMILES string of the molecule is COCCN1CCC(CN(Cc2ccncc2)CC2CCCCC2)CC1. The molecule has 1 aromatic heterocycles. The first-order chi connectivity index (χ1) is 12.8. The molecule has 0 N–H and O–H groups in total. The molecule has 26 heavy (non-hydrogen) atoms. The maximum atomic E-state index is 5.23. The number of ether oxygens (including phenoxy) is 1. The molecule has 0 spiro atoms. The topological polar surface area (TPSA) is 28.6 Å². The smallest absolute Gasteiger partial charge is 0.0589 e. The van der Waals surface area contributed by atoms with Crippen molar-refractivity contribution < 1.29 is 4.74 Å². The predicted octanol–water partition coefficient (Wildman–Crippen LogP) is 3.82. The van der Waals surface area contributed by atoms with Gasteiger partial charge in [-0.15, -0.1) is 0 Å². The minimum absolute atomic E-state index is 0.847. The lowest BCUT2D eigenvalue weighted by Gasteiger charge is -2.36. The van der Waals surface area contributed by atoms with E-state index in [0.29, 0.717) is 0 Å². The van der Waals surface area contributed by atoms with Gasteiger partial charge in [0, 0.05) is 45.7 Å². The van der Waals surface area contributed by atoms with Crippen molar-refractivity contribution in [3.05, 3.63) is 30.1 Å². The zero-order valence-corrected chi connectivity index (χ0v) is 16.6. The summed E-state index contributed by atoms with van der Waals surface area (Å²) in [6, 6.07) is 4.36. The average molecular weight is 360 g/mol. The van der Waals surface area contributed by atoms with E-state index in [9.17, 15) is 0 Å². The first-order valence-corrected chi connectivity index (χ1v) is 10.7. The van der Waals surface area contributed by atoms with Gasteiger partial charge in [0.2, 0.25) is 0 Å². The number of hydrogen-bond donors (Lipinski definition) is 0. The van der Waals surface area contributed by atoms with Crippen molar-refractivity contribution in [3.8, 4) is 0 Å². The van der Waals surface area contributed by atoms with E-state index in [1.54, 1.807) is 7.11 Å². The highest BCUT2D eigenvalue weighted by atomic mass is 16.5. The molecule has 4 heteroatoms. The van der Waals surface area contributed by atoms with Crippen LogP contribution in [0.3, 0.4) is 0 Å². The molecule has 0 aromatic carbocycles. The van der Waals surface area contributed by atoms with Gasteiger partial charge >= 0.3 is 0 Å². The molecule has 2 aliphatic rings. The fourth-order valence-corrected chi connectivity index (χ4v) is 4.66. The van der Waals surface area contributed by atoms with E-state index in [1.165, 1.54) is 76.7 Å². The number of rotatable bonds is 9. The fraction of sp³-hybridized carbons (Fsp3) is 0.773. The largest absolute Gasteiger partial charge is 0.383 e. The molecule has 3 rings (SSSR count). The van der Waals surface area contributed by atoms with Gasteiger partial charge in [0.05, 0.1) is 6.61 Å². The van der Waals surface area contributed by atoms with Gasteiger partial charge in [-0.05, 0) is 68.3 Å². The lowest BCUT2D eigenvalue weighted by atomic mass is 9.88. The van der Waals surface area contributed by atoms with E-state index in [4.69, 9.17) is 4.74 Å². The molecule has 0 bridgehead atoms. The van der Waals surface area contributed by atoms with Gasteiger partial charge in [0.15, 0.2) is 0 Å². The summed E-state index contributed by atoms with van der Waals surface area (Å²) in [5, 5.41) is 0. The minimum Gasteiger partial charge on any atom is -0.383 e. The monoisotopic (exact) mass is 359 g/mol. The molecule has 1 saturated heterocycles. The van der Waals surface area contributed by atoms with E-state index in [2.05, 4.69) is 26.9 Å². The van der Waals surface area contributed by atoms with Gasteiger partial charge < -0.3 is 9.64 Å². The van der Waals surface area contributed by atoms with Crippen LogP contribution in [0.25, 0.3) is 0 Å². The van der Waals surface area contributed by atoms with Crippen LogP contribution in [0.4, 0.5) is 0 Å². The molecule has 1 saturated carbocycles. The van der Waals surface area contributed by atoms with Gasteiger partial charge in [0.25, 0.3) is 0 Å². The van der Waals surface area contributed by atoms with Crippen LogP contribution in [0.5, 0.6) is 0 Å². The molecule has 0 unspecified atom stereocenters. The Hall–Kier alpha value is -0.970. The Morgan fingerprint density at radius 3 is 2.31 bits per heavy atom. The maximum Gasteiger partial charge on any atom is 0.0589 e. The summed E-state index contributed by atoms with van der Waals surface area (Å²) in [5.41, 5.74) is 1.41. The molecule has 0 radical (unpaired) electrons. The van der Waals surface area contributed by atoms with Gasteiger partial charge in [0.1, 0.15) is 0 Å². The molecule has 0 amide bonds. The number of piperidine rings is 1. The Balaban J connectivity index is 1.51. The Kier molecular flexibility index (Phi) is 8.37. The quantitative estimate of drug-likeness (QED) is 0.670. The molecular weight excluding hydrogens is 322 g/mol. The average Bonchev–Trinajstić information content (AvgIpc) is 2.69. The van der Waals surface area contributed by atoms with Crippen LogP contribution in [0.1, 0.15) is 50.5 Å². The number of hydrogen-bond acceptors (Lipinski definition) is 4. The Bertz CT molecular complexity index is 481. The fourth-order valence-electron chi connectivity index (χ4n) is 4.66. The van der Waals surface area contributed by atoms with Crippen molar-refractivity contribution in [2.75, 3.05) is 46.4 Å². The van der Waals surface area contributed by atoms with Crippen LogP contribution < -0.4 is 0 Å². The van der Waals surface area contributed by atoms with E-state index in [1.807, 2.05) is 12.4 Å². The Morgan fingerprint density at radius 1 is 1.00 bits per heavy atom. The second-order valence-corrected chi connectivity index (χ2v) is 8.33. The van der Waals surface area contributed by atoms with Crippen molar-refractivity contribution in [1.29, 1.82) is 0 Å². The number of methoxy groups -OCH3 is 1. The highest BCUT2D eigenvalue weighted by molar-refractivity contribution is 5.09. The summed E-state index contributed by atoms with van der Waals surface area (Å²) < 4.78 is 5.23. The molecule has 1 aliphatic heterocycles. The van der Waals surface area contributed by atoms with E-state index in [0.717, 1.165) is 31.5 Å². The summed E-state index contributed by atoms with van der Waals surface area (Å²) >= 11 is 0. The van der Waals surface area contributed by atoms with Crippen molar-refractivity contribution in [2.45, 2.75) is 51.5 Å². The van der Waals surface area contributed by atoms with Crippen molar-refractivity contribution >= 4 is 0 Å². The molecule has 0 atom stereocenters. The van der Waals surface area contributed by atoms with Crippen LogP contribution in [-0.2, 0) is 11.3 Å². The molecule has 4 nitrogen and oxygen atoms in total. The van der Waals surface area contributed by atoms with Crippen molar-refractivity contribution in [3.63, 3.8) is 0 Å². The van der Waals surface area contributed by atoms with E-state index < -0.39 is 0 Å². The third-order valence-electron chi connectivity index (χ3n) is 6.23. The van der Waals surface area contributed by atoms with E-state index in [-0.39, 0.29) is 0 Å². The van der Waals surface area contributed by atoms with Crippen LogP contribution in [-0.4, -0.2) is 61.2 Å². The number of nitrogens with zero attached hydrogens (tertiary/aromatic N) is 3. The van der Waals surface area contributed by atoms with Crippen molar-refractivity contribution in [1.82, 2.24) is 14.8 Å². The summed E-state index contributed by atoms with van der Waals surface area (Å²) in [6.45, 7) is 8.06. The van der Waals surface area contributed by atoms with E-state index >= 15 is 0 Å². The zero-order chi connectivity index (χ0) is 18.0. The van der Waals surface area contributed by atoms with Gasteiger partial charge in [-0.25, -0.2) is 0 Å². The van der Waals surface area contributed by atoms with Gasteiger partial charge in [-0.3, -0.25) is 9.88 Å². The third-order valence-corrected chi connectivity index (χ3v) is 6.23. The summed E-state index contributed by atoms with van der Waals surface area (Å²) in [4.78, 5) is 9.50. The zero-order valence-electron chi connectivity index (χ0n) is 16.6. The van der Waals surface area contributed by atoms with Crippen LogP contribution in [0.2, 0.25) is 0 Å². The van der Waals surface area contributed by atoms with Crippen molar-refractivity contribution in [2.24, 2.45) is 11.8 Å². The summed E-state index contributed by atoms with van der Waals surface area (Å²) in [6.07, 6.45) is 13.7. The molecule has 2 heterocycles. The molecule has 146 valence electrons. The molecule has 2 fully saturated rings. The molecule has 1 aromatic rings. The van der Waals surface area contributed by atoms with Gasteiger partial charge in [-0.2, -0.15) is 0 Å².